The molecule has 0 unspecified atom stereocenters. The lowest BCUT2D eigenvalue weighted by atomic mass is 9.99. The number of rotatable bonds is 5. The van der Waals surface area contributed by atoms with E-state index < -0.39 is 23.6 Å². The molecule has 7 nitrogen and oxygen atoms in total. The van der Waals surface area contributed by atoms with Crippen molar-refractivity contribution in [3.8, 4) is 0 Å². The average Bonchev–Trinajstić information content (AvgIpc) is 3.04. The van der Waals surface area contributed by atoms with Crippen LogP contribution in [0.4, 0.5) is 5.82 Å². The molecule has 1 N–H and O–H groups in total. The number of hydrogen-bond acceptors (Lipinski definition) is 8. The van der Waals surface area contributed by atoms with Crippen LogP contribution in [-0.2, 0) is 25.5 Å². The number of esters is 2. The van der Waals surface area contributed by atoms with E-state index in [-0.39, 0.29) is 6.42 Å². The predicted molar refractivity (Wildman–Crippen MR) is 93.1 cm³/mol. The lowest BCUT2D eigenvalue weighted by Gasteiger charge is -2.33. The molecule has 1 aliphatic carbocycles. The van der Waals surface area contributed by atoms with Gasteiger partial charge in [0.05, 0.1) is 0 Å². The number of nitrogens with one attached hydrogen (secondary N) is 1. The summed E-state index contributed by atoms with van der Waals surface area (Å²) in [6.07, 6.45) is 8.34. The number of carbonyl (C=O) groups excluding carboxylic acids is 2. The van der Waals surface area contributed by atoms with Crippen molar-refractivity contribution in [2.45, 2.75) is 62.9 Å². The first-order chi connectivity index (χ1) is 11.9. The Balaban J connectivity index is 1.81. The third-order valence-corrected chi connectivity index (χ3v) is 4.97. The number of nitrogens with zero attached hydrogens (tertiary/aromatic N) is 2. The van der Waals surface area contributed by atoms with Crippen LogP contribution in [0.3, 0.4) is 0 Å². The van der Waals surface area contributed by atoms with Gasteiger partial charge in [0.1, 0.15) is 5.82 Å². The molecule has 2 heterocycles. The standard InChI is InChI=1S/C17H23N3O4S/c1-17(2)23-14(21)12(15(22)24-17)8-10-9-18-16(25-3)20-13(10)19-11-6-4-5-7-11/h9,11-12H,4-8H2,1-3H3,(H,18,19,20). The van der Waals surface area contributed by atoms with E-state index in [1.165, 1.54) is 24.6 Å². The normalized spacial score (nSPS) is 21.1. The van der Waals surface area contributed by atoms with E-state index >= 15 is 0 Å². The van der Waals surface area contributed by atoms with Crippen LogP contribution in [0.5, 0.6) is 0 Å². The molecule has 1 saturated carbocycles. The highest BCUT2D eigenvalue weighted by molar-refractivity contribution is 7.98. The van der Waals surface area contributed by atoms with Crippen molar-refractivity contribution >= 4 is 29.5 Å². The third kappa shape index (κ3) is 4.23. The molecule has 0 bridgehead atoms. The van der Waals surface area contributed by atoms with E-state index in [1.54, 1.807) is 20.0 Å². The van der Waals surface area contributed by atoms with Crippen LogP contribution in [-0.4, -0.2) is 40.0 Å². The molecule has 1 saturated heterocycles. The van der Waals surface area contributed by atoms with Gasteiger partial charge in [0.25, 0.3) is 5.79 Å². The molecule has 0 spiro atoms. The first-order valence-electron chi connectivity index (χ1n) is 8.50. The van der Waals surface area contributed by atoms with Gasteiger partial charge in [-0.05, 0) is 19.1 Å². The molecule has 0 atom stereocenters. The van der Waals surface area contributed by atoms with Crippen molar-refractivity contribution < 1.29 is 19.1 Å². The third-order valence-electron chi connectivity index (χ3n) is 4.41. The topological polar surface area (TPSA) is 90.4 Å². The van der Waals surface area contributed by atoms with E-state index in [1.807, 2.05) is 6.26 Å². The van der Waals surface area contributed by atoms with E-state index in [9.17, 15) is 9.59 Å². The first kappa shape index (κ1) is 18.0. The minimum atomic E-state index is -1.21. The molecule has 1 aromatic heterocycles. The van der Waals surface area contributed by atoms with Crippen molar-refractivity contribution in [2.75, 3.05) is 11.6 Å². The van der Waals surface area contributed by atoms with Crippen molar-refractivity contribution in [3.63, 3.8) is 0 Å². The largest absolute Gasteiger partial charge is 0.422 e. The molecule has 1 aliphatic heterocycles. The van der Waals surface area contributed by atoms with Gasteiger partial charge < -0.3 is 14.8 Å². The van der Waals surface area contributed by atoms with Gasteiger partial charge in [-0.25, -0.2) is 9.97 Å². The Bertz CT molecular complexity index is 654. The Kier molecular flexibility index (Phi) is 5.17. The maximum absolute atomic E-state index is 12.2. The highest BCUT2D eigenvalue weighted by atomic mass is 32.2. The quantitative estimate of drug-likeness (QED) is 0.368. The van der Waals surface area contributed by atoms with Gasteiger partial charge in [-0.1, -0.05) is 24.6 Å². The summed E-state index contributed by atoms with van der Waals surface area (Å²) >= 11 is 1.45. The second kappa shape index (κ2) is 7.19. The van der Waals surface area contributed by atoms with Gasteiger partial charge in [-0.2, -0.15) is 0 Å². The summed E-state index contributed by atoms with van der Waals surface area (Å²) in [4.78, 5) is 33.3. The summed E-state index contributed by atoms with van der Waals surface area (Å²) in [6, 6.07) is 0.368. The number of thioether (sulfide) groups is 1. The van der Waals surface area contributed by atoms with Gasteiger partial charge in [-0.15, -0.1) is 0 Å². The second-order valence-corrected chi connectivity index (χ2v) is 7.63. The molecule has 0 radical (unpaired) electrons. The summed E-state index contributed by atoms with van der Waals surface area (Å²) in [5, 5.41) is 4.10. The zero-order valence-electron chi connectivity index (χ0n) is 14.7. The van der Waals surface area contributed by atoms with Crippen LogP contribution in [0, 0.1) is 5.92 Å². The van der Waals surface area contributed by atoms with Gasteiger partial charge in [0.15, 0.2) is 11.1 Å². The Hall–Kier alpha value is -1.83. The van der Waals surface area contributed by atoms with Crippen LogP contribution in [0.15, 0.2) is 11.4 Å². The smallest absolute Gasteiger partial charge is 0.323 e. The molecule has 8 heteroatoms. The van der Waals surface area contributed by atoms with Gasteiger partial charge >= 0.3 is 11.9 Å². The van der Waals surface area contributed by atoms with E-state index in [4.69, 9.17) is 9.47 Å². The fourth-order valence-corrected chi connectivity index (χ4v) is 3.50. The summed E-state index contributed by atoms with van der Waals surface area (Å²) in [6.45, 7) is 3.09. The Morgan fingerprint density at radius 3 is 2.48 bits per heavy atom. The second-order valence-electron chi connectivity index (χ2n) is 6.85. The van der Waals surface area contributed by atoms with Crippen LogP contribution < -0.4 is 5.32 Å². The molecule has 0 amide bonds. The highest BCUT2D eigenvalue weighted by Crippen LogP contribution is 2.29. The van der Waals surface area contributed by atoms with Crippen molar-refractivity contribution in [1.29, 1.82) is 0 Å². The fourth-order valence-electron chi connectivity index (χ4n) is 3.16. The number of hydrogen-bond donors (Lipinski definition) is 1. The Morgan fingerprint density at radius 1 is 1.24 bits per heavy atom. The van der Waals surface area contributed by atoms with E-state index in [0.29, 0.717) is 17.0 Å². The summed E-state index contributed by atoms with van der Waals surface area (Å²) in [7, 11) is 0. The lowest BCUT2D eigenvalue weighted by Crippen LogP contribution is -2.47. The Morgan fingerprint density at radius 2 is 1.88 bits per heavy atom. The number of anilines is 1. The Labute approximate surface area is 151 Å². The number of cyclic esters (lactones) is 2. The van der Waals surface area contributed by atoms with Crippen LogP contribution in [0.25, 0.3) is 0 Å². The fraction of sp³-hybridized carbons (Fsp3) is 0.647. The van der Waals surface area contributed by atoms with Crippen LogP contribution >= 0.6 is 11.8 Å². The molecule has 1 aromatic rings. The summed E-state index contributed by atoms with van der Waals surface area (Å²) in [5.74, 6) is -2.64. The summed E-state index contributed by atoms with van der Waals surface area (Å²) in [5.41, 5.74) is 0.725. The number of aromatic nitrogens is 2. The zero-order chi connectivity index (χ0) is 18.0. The number of carbonyl (C=O) groups is 2. The minimum Gasteiger partial charge on any atom is -0.422 e. The molecular weight excluding hydrogens is 342 g/mol. The highest BCUT2D eigenvalue weighted by Gasteiger charge is 2.43. The van der Waals surface area contributed by atoms with Crippen molar-refractivity contribution in [3.05, 3.63) is 11.8 Å². The van der Waals surface area contributed by atoms with Gasteiger partial charge in [-0.3, -0.25) is 9.59 Å². The lowest BCUT2D eigenvalue weighted by molar-refractivity contribution is -0.239. The van der Waals surface area contributed by atoms with Crippen LogP contribution in [0.2, 0.25) is 0 Å². The molecule has 2 aliphatic rings. The molecule has 2 fully saturated rings. The van der Waals surface area contributed by atoms with E-state index in [2.05, 4.69) is 15.3 Å². The molecule has 0 aromatic carbocycles. The molecule has 3 rings (SSSR count). The monoisotopic (exact) mass is 365 g/mol. The number of ether oxygens (including phenoxy) is 2. The SMILES string of the molecule is CSc1ncc(CC2C(=O)OC(C)(C)OC2=O)c(NC2CCCC2)n1. The minimum absolute atomic E-state index is 0.164. The van der Waals surface area contributed by atoms with Crippen molar-refractivity contribution in [1.82, 2.24) is 9.97 Å². The average molecular weight is 365 g/mol. The summed E-state index contributed by atoms with van der Waals surface area (Å²) < 4.78 is 10.4. The predicted octanol–water partition coefficient (Wildman–Crippen LogP) is 2.55. The zero-order valence-corrected chi connectivity index (χ0v) is 15.5. The molecule has 25 heavy (non-hydrogen) atoms. The molecule has 136 valence electrons. The molecular formula is C17H23N3O4S. The maximum Gasteiger partial charge on any atom is 0.323 e. The first-order valence-corrected chi connectivity index (χ1v) is 9.72. The maximum atomic E-state index is 12.2. The van der Waals surface area contributed by atoms with Crippen molar-refractivity contribution in [2.24, 2.45) is 5.92 Å². The van der Waals surface area contributed by atoms with Gasteiger partial charge in [0.2, 0.25) is 0 Å². The van der Waals surface area contributed by atoms with Crippen LogP contribution in [0.1, 0.15) is 45.1 Å². The van der Waals surface area contributed by atoms with E-state index in [0.717, 1.165) is 18.4 Å². The van der Waals surface area contributed by atoms with Gasteiger partial charge in [0, 0.05) is 38.1 Å².